The van der Waals surface area contributed by atoms with E-state index in [1.54, 1.807) is 10.6 Å². The first-order valence-corrected chi connectivity index (χ1v) is 8.72. The highest BCUT2D eigenvalue weighted by Gasteiger charge is 2.18. The molecule has 0 aliphatic rings. The third kappa shape index (κ3) is 2.36. The number of hydrogen-bond acceptors (Lipinski definition) is 3. The highest BCUT2D eigenvalue weighted by molar-refractivity contribution is 5.91. The van der Waals surface area contributed by atoms with Crippen molar-refractivity contribution in [3.8, 4) is 5.69 Å². The minimum atomic E-state index is -0.309. The molecule has 0 bridgehead atoms. The van der Waals surface area contributed by atoms with Gasteiger partial charge >= 0.3 is 0 Å². The van der Waals surface area contributed by atoms with Gasteiger partial charge in [-0.05, 0) is 30.7 Å². The van der Waals surface area contributed by atoms with Crippen molar-refractivity contribution in [2.24, 2.45) is 7.05 Å². The number of rotatable bonds is 3. The van der Waals surface area contributed by atoms with Crippen LogP contribution in [-0.4, -0.2) is 14.1 Å². The van der Waals surface area contributed by atoms with Gasteiger partial charge in [-0.1, -0.05) is 37.3 Å². The highest BCUT2D eigenvalue weighted by atomic mass is 16.1. The maximum absolute atomic E-state index is 13.4. The third-order valence-electron chi connectivity index (χ3n) is 4.68. The number of hydrogen-bond donors (Lipinski definition) is 0. The highest BCUT2D eigenvalue weighted by Crippen LogP contribution is 2.17. The fraction of sp³-hybridized carbons (Fsp3) is 0.190. The number of aromatic nitrogens is 3. The van der Waals surface area contributed by atoms with Crippen LogP contribution < -0.4 is 11.0 Å². The van der Waals surface area contributed by atoms with Crippen LogP contribution in [-0.2, 0) is 13.5 Å². The normalized spacial score (nSPS) is 11.3. The molecule has 0 saturated carbocycles. The SMILES string of the molecule is CCCc1nc2c(c(=O)c3ccccc3n2C)c(=O)n1-c1ccccc1. The second-order valence-electron chi connectivity index (χ2n) is 6.36. The van der Waals surface area contributed by atoms with Crippen molar-refractivity contribution in [1.82, 2.24) is 14.1 Å². The Morgan fingerprint density at radius 1 is 0.962 bits per heavy atom. The zero-order chi connectivity index (χ0) is 18.3. The van der Waals surface area contributed by atoms with Gasteiger partial charge in [-0.15, -0.1) is 0 Å². The molecule has 0 saturated heterocycles. The molecule has 5 nitrogen and oxygen atoms in total. The van der Waals surface area contributed by atoms with E-state index in [0.717, 1.165) is 17.6 Å². The van der Waals surface area contributed by atoms with Crippen LogP contribution in [0, 0.1) is 0 Å². The lowest BCUT2D eigenvalue weighted by molar-refractivity contribution is 0.765. The molecule has 0 aliphatic carbocycles. The summed E-state index contributed by atoms with van der Waals surface area (Å²) in [5, 5.41) is 0.666. The number of pyridine rings is 1. The van der Waals surface area contributed by atoms with Crippen molar-refractivity contribution in [3.63, 3.8) is 0 Å². The summed E-state index contributed by atoms with van der Waals surface area (Å²) in [6.07, 6.45) is 1.51. The lowest BCUT2D eigenvalue weighted by Crippen LogP contribution is -2.29. The van der Waals surface area contributed by atoms with Crippen LogP contribution in [0.5, 0.6) is 0 Å². The first kappa shape index (κ1) is 16.3. The van der Waals surface area contributed by atoms with Crippen molar-refractivity contribution >= 4 is 21.9 Å². The smallest absolute Gasteiger partial charge is 0.271 e. The van der Waals surface area contributed by atoms with Gasteiger partial charge in [0, 0.05) is 18.9 Å². The number of para-hydroxylation sites is 2. The molecule has 0 unspecified atom stereocenters. The van der Waals surface area contributed by atoms with E-state index in [2.05, 4.69) is 0 Å². The predicted molar refractivity (Wildman–Crippen MR) is 104 cm³/mol. The van der Waals surface area contributed by atoms with Gasteiger partial charge in [-0.2, -0.15) is 0 Å². The van der Waals surface area contributed by atoms with E-state index in [1.807, 2.05) is 67.1 Å². The summed E-state index contributed by atoms with van der Waals surface area (Å²) in [5.74, 6) is 0.668. The van der Waals surface area contributed by atoms with Crippen LogP contribution >= 0.6 is 0 Å². The maximum Gasteiger partial charge on any atom is 0.271 e. The quantitative estimate of drug-likeness (QED) is 0.536. The van der Waals surface area contributed by atoms with Crippen molar-refractivity contribution in [2.45, 2.75) is 19.8 Å². The summed E-state index contributed by atoms with van der Waals surface area (Å²) in [7, 11) is 1.85. The van der Waals surface area contributed by atoms with Gasteiger partial charge in [0.1, 0.15) is 11.2 Å². The largest absolute Gasteiger partial charge is 0.328 e. The number of benzene rings is 2. The molecule has 5 heteroatoms. The molecule has 130 valence electrons. The Kier molecular flexibility index (Phi) is 3.92. The Bertz CT molecular complexity index is 1240. The molecule has 2 aromatic carbocycles. The van der Waals surface area contributed by atoms with Crippen molar-refractivity contribution in [1.29, 1.82) is 0 Å². The molecule has 0 atom stereocenters. The zero-order valence-electron chi connectivity index (χ0n) is 14.8. The van der Waals surface area contributed by atoms with Gasteiger partial charge < -0.3 is 4.57 Å². The summed E-state index contributed by atoms with van der Waals surface area (Å²) in [5.41, 5.74) is 1.37. The Morgan fingerprint density at radius 3 is 2.38 bits per heavy atom. The molecule has 0 amide bonds. The van der Waals surface area contributed by atoms with Gasteiger partial charge in [-0.25, -0.2) is 4.98 Å². The van der Waals surface area contributed by atoms with Crippen LogP contribution in [0.1, 0.15) is 19.2 Å². The standard InChI is InChI=1S/C21H19N3O2/c1-3-9-17-22-20-18(21(26)24(17)14-10-5-4-6-11-14)19(25)15-12-7-8-13-16(15)23(20)2/h4-8,10-13H,3,9H2,1-2H3. The van der Waals surface area contributed by atoms with Crippen molar-refractivity contribution in [3.05, 3.63) is 81.0 Å². The van der Waals surface area contributed by atoms with Gasteiger partial charge in [0.2, 0.25) is 5.43 Å². The lowest BCUT2D eigenvalue weighted by atomic mass is 10.1. The van der Waals surface area contributed by atoms with Gasteiger partial charge in [0.15, 0.2) is 5.65 Å². The lowest BCUT2D eigenvalue weighted by Gasteiger charge is -2.15. The van der Waals surface area contributed by atoms with E-state index in [1.165, 1.54) is 0 Å². The molecule has 4 aromatic rings. The van der Waals surface area contributed by atoms with E-state index in [0.29, 0.717) is 23.3 Å². The van der Waals surface area contributed by atoms with Crippen LogP contribution in [0.25, 0.3) is 27.6 Å². The first-order valence-electron chi connectivity index (χ1n) is 8.72. The molecule has 26 heavy (non-hydrogen) atoms. The van der Waals surface area contributed by atoms with Crippen LogP contribution in [0.2, 0.25) is 0 Å². The van der Waals surface area contributed by atoms with Crippen LogP contribution in [0.4, 0.5) is 0 Å². The van der Waals surface area contributed by atoms with E-state index in [4.69, 9.17) is 4.98 Å². The predicted octanol–water partition coefficient (Wildman–Crippen LogP) is 3.19. The van der Waals surface area contributed by atoms with Crippen molar-refractivity contribution < 1.29 is 0 Å². The monoisotopic (exact) mass is 345 g/mol. The summed E-state index contributed by atoms with van der Waals surface area (Å²) >= 11 is 0. The van der Waals surface area contributed by atoms with E-state index in [9.17, 15) is 9.59 Å². The Labute approximate surface area is 150 Å². The molecule has 4 rings (SSSR count). The van der Waals surface area contributed by atoms with Crippen LogP contribution in [0.15, 0.2) is 64.2 Å². The average molecular weight is 345 g/mol. The molecule has 0 aliphatic heterocycles. The van der Waals surface area contributed by atoms with E-state index < -0.39 is 0 Å². The van der Waals surface area contributed by atoms with Crippen molar-refractivity contribution in [2.75, 3.05) is 0 Å². The maximum atomic E-state index is 13.4. The molecular formula is C21H19N3O2. The third-order valence-corrected chi connectivity index (χ3v) is 4.68. The fourth-order valence-corrected chi connectivity index (χ4v) is 3.44. The van der Waals surface area contributed by atoms with Gasteiger partial charge in [0.05, 0.1) is 11.2 Å². The number of fused-ring (bicyclic) bond motifs is 2. The van der Waals surface area contributed by atoms with E-state index >= 15 is 0 Å². The molecule has 0 radical (unpaired) electrons. The van der Waals surface area contributed by atoms with E-state index in [-0.39, 0.29) is 16.4 Å². The summed E-state index contributed by atoms with van der Waals surface area (Å²) < 4.78 is 3.41. The summed E-state index contributed by atoms with van der Waals surface area (Å²) in [6.45, 7) is 2.05. The Morgan fingerprint density at radius 2 is 1.65 bits per heavy atom. The molecular weight excluding hydrogens is 326 g/mol. The second kappa shape index (κ2) is 6.26. The molecule has 2 heterocycles. The Hall–Kier alpha value is -3.21. The second-order valence-corrected chi connectivity index (χ2v) is 6.36. The minimum Gasteiger partial charge on any atom is -0.328 e. The summed E-state index contributed by atoms with van der Waals surface area (Å²) in [6, 6.07) is 16.7. The van der Waals surface area contributed by atoms with Crippen LogP contribution in [0.3, 0.4) is 0 Å². The number of aryl methyl sites for hydroxylation is 2. The molecule has 0 fully saturated rings. The molecule has 0 N–H and O–H groups in total. The van der Waals surface area contributed by atoms with Gasteiger partial charge in [-0.3, -0.25) is 14.2 Å². The number of nitrogens with zero attached hydrogens (tertiary/aromatic N) is 3. The zero-order valence-corrected chi connectivity index (χ0v) is 14.8. The Balaban J connectivity index is 2.23. The fourth-order valence-electron chi connectivity index (χ4n) is 3.44. The average Bonchev–Trinajstić information content (AvgIpc) is 2.67. The first-order chi connectivity index (χ1) is 12.6. The molecule has 0 spiro atoms. The van der Waals surface area contributed by atoms with Gasteiger partial charge in [0.25, 0.3) is 5.56 Å². The topological polar surface area (TPSA) is 56.9 Å². The minimum absolute atomic E-state index is 0.134. The molecule has 2 aromatic heterocycles. The summed E-state index contributed by atoms with van der Waals surface area (Å²) in [4.78, 5) is 31.1.